The van der Waals surface area contributed by atoms with E-state index in [2.05, 4.69) is 0 Å². The van der Waals surface area contributed by atoms with Gasteiger partial charge in [-0.15, -0.1) is 0 Å². The SMILES string of the molecule is C/C=C/N(/C=C/C)C(=O)c1ccccc1. The second-order valence-corrected chi connectivity index (χ2v) is 3.04. The highest BCUT2D eigenvalue weighted by atomic mass is 16.2. The third-order valence-electron chi connectivity index (χ3n) is 1.87. The van der Waals surface area contributed by atoms with Crippen molar-refractivity contribution < 1.29 is 4.79 Å². The molecule has 1 rings (SSSR count). The van der Waals surface area contributed by atoms with Crippen molar-refractivity contribution in [3.63, 3.8) is 0 Å². The zero-order valence-corrected chi connectivity index (χ0v) is 9.05. The van der Waals surface area contributed by atoms with E-state index in [0.717, 1.165) is 0 Å². The van der Waals surface area contributed by atoms with Crippen molar-refractivity contribution in [1.29, 1.82) is 0 Å². The van der Waals surface area contributed by atoms with Crippen molar-refractivity contribution in [3.05, 3.63) is 60.4 Å². The minimum Gasteiger partial charge on any atom is -0.291 e. The number of carbonyl (C=O) groups is 1. The van der Waals surface area contributed by atoms with Crippen LogP contribution >= 0.6 is 0 Å². The van der Waals surface area contributed by atoms with Gasteiger partial charge < -0.3 is 0 Å². The molecular weight excluding hydrogens is 186 g/mol. The summed E-state index contributed by atoms with van der Waals surface area (Å²) in [6, 6.07) is 9.23. The quantitative estimate of drug-likeness (QED) is 0.735. The van der Waals surface area contributed by atoms with Crippen LogP contribution in [0.2, 0.25) is 0 Å². The summed E-state index contributed by atoms with van der Waals surface area (Å²) in [5.74, 6) is -0.0215. The van der Waals surface area contributed by atoms with Gasteiger partial charge in [0.05, 0.1) is 0 Å². The van der Waals surface area contributed by atoms with Crippen LogP contribution in [0.15, 0.2) is 54.9 Å². The van der Waals surface area contributed by atoms with Crippen molar-refractivity contribution in [2.24, 2.45) is 0 Å². The summed E-state index contributed by atoms with van der Waals surface area (Å²) in [6.07, 6.45) is 7.16. The van der Waals surface area contributed by atoms with Crippen LogP contribution in [0, 0.1) is 0 Å². The van der Waals surface area contributed by atoms with Gasteiger partial charge in [0.1, 0.15) is 0 Å². The number of amides is 1. The highest BCUT2D eigenvalue weighted by Crippen LogP contribution is 2.05. The molecule has 78 valence electrons. The molecule has 0 heterocycles. The summed E-state index contributed by atoms with van der Waals surface area (Å²) in [6.45, 7) is 3.77. The van der Waals surface area contributed by atoms with Gasteiger partial charge in [-0.2, -0.15) is 0 Å². The monoisotopic (exact) mass is 201 g/mol. The Balaban J connectivity index is 2.91. The van der Waals surface area contributed by atoms with Gasteiger partial charge in [0.2, 0.25) is 0 Å². The van der Waals surface area contributed by atoms with Crippen LogP contribution in [0.5, 0.6) is 0 Å². The molecule has 0 aliphatic rings. The lowest BCUT2D eigenvalue weighted by Gasteiger charge is -2.12. The normalized spacial score (nSPS) is 11.1. The molecule has 15 heavy (non-hydrogen) atoms. The smallest absolute Gasteiger partial charge is 0.261 e. The second kappa shape index (κ2) is 5.81. The lowest BCUT2D eigenvalue weighted by atomic mass is 10.2. The molecule has 0 atom stereocenters. The Hall–Kier alpha value is -1.83. The van der Waals surface area contributed by atoms with Crippen molar-refractivity contribution in [2.75, 3.05) is 0 Å². The van der Waals surface area contributed by atoms with Crippen molar-refractivity contribution >= 4 is 5.91 Å². The van der Waals surface area contributed by atoms with Crippen LogP contribution in [0.3, 0.4) is 0 Å². The van der Waals surface area contributed by atoms with Gasteiger partial charge in [-0.3, -0.25) is 9.69 Å². The molecule has 0 aromatic heterocycles. The molecule has 1 aromatic rings. The van der Waals surface area contributed by atoms with E-state index >= 15 is 0 Å². The fourth-order valence-corrected chi connectivity index (χ4v) is 1.24. The molecule has 0 radical (unpaired) electrons. The zero-order valence-electron chi connectivity index (χ0n) is 9.05. The van der Waals surface area contributed by atoms with E-state index in [1.54, 1.807) is 17.3 Å². The van der Waals surface area contributed by atoms with Crippen LogP contribution in [0.4, 0.5) is 0 Å². The van der Waals surface area contributed by atoms with Gasteiger partial charge in [0, 0.05) is 18.0 Å². The third-order valence-corrected chi connectivity index (χ3v) is 1.87. The van der Waals surface area contributed by atoms with Crippen LogP contribution in [-0.2, 0) is 0 Å². The molecule has 0 spiro atoms. The molecule has 0 saturated carbocycles. The first-order valence-electron chi connectivity index (χ1n) is 4.93. The summed E-state index contributed by atoms with van der Waals surface area (Å²) in [5.41, 5.74) is 0.689. The molecule has 1 aromatic carbocycles. The molecule has 0 N–H and O–H groups in total. The average Bonchev–Trinajstić information content (AvgIpc) is 2.29. The van der Waals surface area contributed by atoms with E-state index in [-0.39, 0.29) is 5.91 Å². The fraction of sp³-hybridized carbons (Fsp3) is 0.154. The van der Waals surface area contributed by atoms with E-state index in [4.69, 9.17) is 0 Å². The van der Waals surface area contributed by atoms with Crippen molar-refractivity contribution in [3.8, 4) is 0 Å². The molecule has 0 fully saturated rings. The minimum atomic E-state index is -0.0215. The average molecular weight is 201 g/mol. The molecule has 2 nitrogen and oxygen atoms in total. The number of allylic oxidation sites excluding steroid dienone is 2. The van der Waals surface area contributed by atoms with E-state index in [1.807, 2.05) is 56.3 Å². The number of rotatable bonds is 3. The number of hydrogen-bond donors (Lipinski definition) is 0. The minimum absolute atomic E-state index is 0.0215. The maximum atomic E-state index is 11.9. The first-order chi connectivity index (χ1) is 7.29. The molecule has 0 unspecified atom stereocenters. The number of benzene rings is 1. The summed E-state index contributed by atoms with van der Waals surface area (Å²) >= 11 is 0. The second-order valence-electron chi connectivity index (χ2n) is 3.04. The van der Waals surface area contributed by atoms with Gasteiger partial charge in [-0.05, 0) is 26.0 Å². The molecule has 0 aliphatic carbocycles. The number of hydrogen-bond acceptors (Lipinski definition) is 1. The Bertz CT molecular complexity index is 353. The molecular formula is C13H15NO. The molecule has 0 bridgehead atoms. The van der Waals surface area contributed by atoms with Crippen LogP contribution < -0.4 is 0 Å². The van der Waals surface area contributed by atoms with E-state index in [0.29, 0.717) is 5.56 Å². The Morgan fingerprint density at radius 3 is 2.07 bits per heavy atom. The van der Waals surface area contributed by atoms with Gasteiger partial charge in [-0.1, -0.05) is 30.4 Å². The predicted octanol–water partition coefficient (Wildman–Crippen LogP) is 3.20. The zero-order chi connectivity index (χ0) is 11.1. The Morgan fingerprint density at radius 2 is 1.60 bits per heavy atom. The van der Waals surface area contributed by atoms with Gasteiger partial charge in [0.15, 0.2) is 0 Å². The Labute approximate surface area is 90.5 Å². The summed E-state index contributed by atoms with van der Waals surface area (Å²) in [7, 11) is 0. The van der Waals surface area contributed by atoms with Gasteiger partial charge in [0.25, 0.3) is 5.91 Å². The maximum Gasteiger partial charge on any atom is 0.261 e. The van der Waals surface area contributed by atoms with Gasteiger partial charge >= 0.3 is 0 Å². The largest absolute Gasteiger partial charge is 0.291 e. The van der Waals surface area contributed by atoms with Crippen LogP contribution in [0.25, 0.3) is 0 Å². The maximum absolute atomic E-state index is 11.9. The van der Waals surface area contributed by atoms with E-state index in [1.165, 1.54) is 0 Å². The first kappa shape index (κ1) is 11.2. The van der Waals surface area contributed by atoms with E-state index < -0.39 is 0 Å². The topological polar surface area (TPSA) is 20.3 Å². The van der Waals surface area contributed by atoms with Crippen LogP contribution in [0.1, 0.15) is 24.2 Å². The molecule has 2 heteroatoms. The summed E-state index contributed by atoms with van der Waals surface area (Å²) in [5, 5.41) is 0. The molecule has 0 saturated heterocycles. The molecule has 1 amide bonds. The van der Waals surface area contributed by atoms with Gasteiger partial charge in [-0.25, -0.2) is 0 Å². The highest BCUT2D eigenvalue weighted by molar-refractivity contribution is 5.95. The van der Waals surface area contributed by atoms with Crippen LogP contribution in [-0.4, -0.2) is 10.8 Å². The third kappa shape index (κ3) is 3.09. The lowest BCUT2D eigenvalue weighted by Crippen LogP contribution is -2.19. The summed E-state index contributed by atoms with van der Waals surface area (Å²) in [4.78, 5) is 13.5. The first-order valence-corrected chi connectivity index (χ1v) is 4.93. The summed E-state index contributed by atoms with van der Waals surface area (Å²) < 4.78 is 0. The predicted molar refractivity (Wildman–Crippen MR) is 62.2 cm³/mol. The fourth-order valence-electron chi connectivity index (χ4n) is 1.24. The number of nitrogens with zero attached hydrogens (tertiary/aromatic N) is 1. The van der Waals surface area contributed by atoms with Crippen molar-refractivity contribution in [1.82, 2.24) is 4.90 Å². The highest BCUT2D eigenvalue weighted by Gasteiger charge is 2.09. The molecule has 0 aliphatic heterocycles. The van der Waals surface area contributed by atoms with Crippen molar-refractivity contribution in [2.45, 2.75) is 13.8 Å². The Kier molecular flexibility index (Phi) is 4.35. The standard InChI is InChI=1S/C13H15NO/c1-3-10-14(11-4-2)13(15)12-8-6-5-7-9-12/h3-11H,1-2H3/b10-3+,11-4+. The van der Waals surface area contributed by atoms with E-state index in [9.17, 15) is 4.79 Å². The Morgan fingerprint density at radius 1 is 1.07 bits per heavy atom. The number of carbonyl (C=O) groups excluding carboxylic acids is 1. The lowest BCUT2D eigenvalue weighted by molar-refractivity contribution is 0.0869.